The Morgan fingerprint density at radius 2 is 1.69 bits per heavy atom. The van der Waals surface area contributed by atoms with Crippen LogP contribution in [0, 0.1) is 5.82 Å². The van der Waals surface area contributed by atoms with E-state index in [9.17, 15) is 14.0 Å². The van der Waals surface area contributed by atoms with Crippen molar-refractivity contribution in [2.75, 3.05) is 25.5 Å². The molecule has 7 nitrogen and oxygen atoms in total. The Hall–Kier alpha value is -3.16. The number of benzene rings is 1. The fourth-order valence-corrected chi connectivity index (χ4v) is 2.09. The van der Waals surface area contributed by atoms with E-state index in [4.69, 9.17) is 0 Å². The highest BCUT2D eigenvalue weighted by Crippen LogP contribution is 2.09. The van der Waals surface area contributed by atoms with Gasteiger partial charge in [-0.2, -0.15) is 0 Å². The standard InChI is InChI=1S/C18H22FN5O2/c1-24(2)16-9-14(7-8-20-16)11-21-17(25)12-23-18(26)22-10-13-3-5-15(19)6-4-13/h3-9H,10-12H2,1-2H3,(H,21,25)(H2,22,23,26). The van der Waals surface area contributed by atoms with Crippen molar-refractivity contribution in [3.8, 4) is 0 Å². The fourth-order valence-electron chi connectivity index (χ4n) is 2.09. The summed E-state index contributed by atoms with van der Waals surface area (Å²) in [6.45, 7) is 0.458. The lowest BCUT2D eigenvalue weighted by Crippen LogP contribution is -2.41. The van der Waals surface area contributed by atoms with Gasteiger partial charge in [0, 0.05) is 33.4 Å². The van der Waals surface area contributed by atoms with Crippen LogP contribution < -0.4 is 20.9 Å². The molecular formula is C18H22FN5O2. The van der Waals surface area contributed by atoms with Crippen molar-refractivity contribution in [2.24, 2.45) is 0 Å². The molecule has 0 unspecified atom stereocenters. The third kappa shape index (κ3) is 6.39. The van der Waals surface area contributed by atoms with Crippen molar-refractivity contribution >= 4 is 17.8 Å². The molecule has 0 aliphatic carbocycles. The zero-order chi connectivity index (χ0) is 18.9. The van der Waals surface area contributed by atoms with Gasteiger partial charge < -0.3 is 20.9 Å². The third-order valence-corrected chi connectivity index (χ3v) is 3.53. The van der Waals surface area contributed by atoms with E-state index in [2.05, 4.69) is 20.9 Å². The fraction of sp³-hybridized carbons (Fsp3) is 0.278. The number of anilines is 1. The summed E-state index contributed by atoms with van der Waals surface area (Å²) in [4.78, 5) is 29.6. The first-order valence-corrected chi connectivity index (χ1v) is 8.09. The number of aromatic nitrogens is 1. The van der Waals surface area contributed by atoms with Crippen LogP contribution in [-0.2, 0) is 17.9 Å². The lowest BCUT2D eigenvalue weighted by molar-refractivity contribution is -0.120. The first-order valence-electron chi connectivity index (χ1n) is 8.09. The van der Waals surface area contributed by atoms with E-state index in [1.807, 2.05) is 31.1 Å². The largest absolute Gasteiger partial charge is 0.363 e. The Labute approximate surface area is 151 Å². The monoisotopic (exact) mass is 359 g/mol. The van der Waals surface area contributed by atoms with Crippen LogP contribution in [0.15, 0.2) is 42.6 Å². The second-order valence-electron chi connectivity index (χ2n) is 5.86. The zero-order valence-corrected chi connectivity index (χ0v) is 14.8. The van der Waals surface area contributed by atoms with E-state index in [1.54, 1.807) is 18.3 Å². The van der Waals surface area contributed by atoms with E-state index in [0.717, 1.165) is 16.9 Å². The molecule has 3 amide bonds. The van der Waals surface area contributed by atoms with E-state index >= 15 is 0 Å². The van der Waals surface area contributed by atoms with Crippen LogP contribution in [0.2, 0.25) is 0 Å². The first kappa shape index (κ1) is 19.2. The van der Waals surface area contributed by atoms with Gasteiger partial charge in [0.1, 0.15) is 11.6 Å². The molecule has 0 spiro atoms. The van der Waals surface area contributed by atoms with Gasteiger partial charge >= 0.3 is 6.03 Å². The Kier molecular flexibility index (Phi) is 6.90. The van der Waals surface area contributed by atoms with Crippen LogP contribution in [0.3, 0.4) is 0 Å². The number of carbonyl (C=O) groups is 2. The number of rotatable bonds is 7. The Balaban J connectivity index is 1.68. The van der Waals surface area contributed by atoms with E-state index in [0.29, 0.717) is 6.54 Å². The molecule has 2 rings (SSSR count). The maximum atomic E-state index is 12.8. The molecule has 0 saturated heterocycles. The van der Waals surface area contributed by atoms with Crippen LogP contribution >= 0.6 is 0 Å². The second kappa shape index (κ2) is 9.36. The third-order valence-electron chi connectivity index (χ3n) is 3.53. The minimum atomic E-state index is -0.469. The molecule has 8 heteroatoms. The summed E-state index contributed by atoms with van der Waals surface area (Å²) in [5, 5.41) is 7.81. The van der Waals surface area contributed by atoms with E-state index in [-0.39, 0.29) is 24.8 Å². The summed E-state index contributed by atoms with van der Waals surface area (Å²) in [5.74, 6) is 0.168. The smallest absolute Gasteiger partial charge is 0.315 e. The molecule has 26 heavy (non-hydrogen) atoms. The quantitative estimate of drug-likeness (QED) is 0.698. The molecule has 0 saturated carbocycles. The average Bonchev–Trinajstić information content (AvgIpc) is 2.64. The zero-order valence-electron chi connectivity index (χ0n) is 14.8. The van der Waals surface area contributed by atoms with Crippen molar-refractivity contribution in [3.05, 3.63) is 59.5 Å². The van der Waals surface area contributed by atoms with Crippen molar-refractivity contribution in [2.45, 2.75) is 13.1 Å². The van der Waals surface area contributed by atoms with E-state index < -0.39 is 6.03 Å². The lowest BCUT2D eigenvalue weighted by atomic mass is 10.2. The molecule has 1 aromatic heterocycles. The Morgan fingerprint density at radius 3 is 2.38 bits per heavy atom. The number of hydrogen-bond acceptors (Lipinski definition) is 4. The molecule has 1 aromatic carbocycles. The van der Waals surface area contributed by atoms with Crippen molar-refractivity contribution < 1.29 is 14.0 Å². The van der Waals surface area contributed by atoms with Crippen LogP contribution in [0.1, 0.15) is 11.1 Å². The summed E-state index contributed by atoms with van der Waals surface area (Å²) in [6.07, 6.45) is 1.68. The van der Waals surface area contributed by atoms with Crippen molar-refractivity contribution in [1.82, 2.24) is 20.9 Å². The molecule has 0 aliphatic heterocycles. The summed E-state index contributed by atoms with van der Waals surface area (Å²) in [6, 6.07) is 9.03. The summed E-state index contributed by atoms with van der Waals surface area (Å²) < 4.78 is 12.8. The topological polar surface area (TPSA) is 86.4 Å². The predicted molar refractivity (Wildman–Crippen MR) is 97.0 cm³/mol. The summed E-state index contributed by atoms with van der Waals surface area (Å²) in [7, 11) is 3.78. The van der Waals surface area contributed by atoms with E-state index in [1.165, 1.54) is 12.1 Å². The highest BCUT2D eigenvalue weighted by Gasteiger charge is 2.06. The van der Waals surface area contributed by atoms with Gasteiger partial charge in [0.15, 0.2) is 0 Å². The predicted octanol–water partition coefficient (Wildman–Crippen LogP) is 1.40. The van der Waals surface area contributed by atoms with Crippen molar-refractivity contribution in [1.29, 1.82) is 0 Å². The molecule has 0 atom stereocenters. The molecule has 1 heterocycles. The normalized spacial score (nSPS) is 10.1. The van der Waals surface area contributed by atoms with Gasteiger partial charge in [-0.3, -0.25) is 4.79 Å². The molecular weight excluding hydrogens is 337 g/mol. The highest BCUT2D eigenvalue weighted by atomic mass is 19.1. The summed E-state index contributed by atoms with van der Waals surface area (Å²) in [5.41, 5.74) is 1.68. The Morgan fingerprint density at radius 1 is 1.00 bits per heavy atom. The Bertz CT molecular complexity index is 750. The van der Waals surface area contributed by atoms with Crippen LogP contribution in [0.25, 0.3) is 0 Å². The number of halogens is 1. The van der Waals surface area contributed by atoms with Gasteiger partial charge in [-0.1, -0.05) is 12.1 Å². The second-order valence-corrected chi connectivity index (χ2v) is 5.86. The molecule has 0 aliphatic rings. The number of hydrogen-bond donors (Lipinski definition) is 3. The van der Waals surface area contributed by atoms with Gasteiger partial charge in [-0.25, -0.2) is 14.2 Å². The number of nitrogens with zero attached hydrogens (tertiary/aromatic N) is 2. The van der Waals surface area contributed by atoms with Gasteiger partial charge in [0.25, 0.3) is 0 Å². The maximum Gasteiger partial charge on any atom is 0.315 e. The SMILES string of the molecule is CN(C)c1cc(CNC(=O)CNC(=O)NCc2ccc(F)cc2)ccn1. The molecule has 0 bridgehead atoms. The first-order chi connectivity index (χ1) is 12.4. The van der Waals surface area contributed by atoms with Gasteiger partial charge in [-0.05, 0) is 35.4 Å². The minimum Gasteiger partial charge on any atom is -0.363 e. The molecule has 138 valence electrons. The molecule has 0 radical (unpaired) electrons. The average molecular weight is 359 g/mol. The van der Waals surface area contributed by atoms with Gasteiger partial charge in [0.2, 0.25) is 5.91 Å². The minimum absolute atomic E-state index is 0.138. The number of amides is 3. The van der Waals surface area contributed by atoms with Crippen LogP contribution in [0.4, 0.5) is 15.0 Å². The molecule has 3 N–H and O–H groups in total. The molecule has 0 fully saturated rings. The lowest BCUT2D eigenvalue weighted by Gasteiger charge is -2.12. The highest BCUT2D eigenvalue weighted by molar-refractivity contribution is 5.83. The number of nitrogens with one attached hydrogen (secondary N) is 3. The van der Waals surface area contributed by atoms with Gasteiger partial charge in [-0.15, -0.1) is 0 Å². The number of carbonyl (C=O) groups excluding carboxylic acids is 2. The van der Waals surface area contributed by atoms with Crippen molar-refractivity contribution in [3.63, 3.8) is 0 Å². The molecule has 2 aromatic rings. The summed E-state index contributed by atoms with van der Waals surface area (Å²) >= 11 is 0. The maximum absolute atomic E-state index is 12.8. The van der Waals surface area contributed by atoms with Crippen LogP contribution in [0.5, 0.6) is 0 Å². The van der Waals surface area contributed by atoms with Gasteiger partial charge in [0.05, 0.1) is 6.54 Å². The van der Waals surface area contributed by atoms with Crippen LogP contribution in [-0.4, -0.2) is 37.6 Å². The number of urea groups is 1. The number of pyridine rings is 1.